The highest BCUT2D eigenvalue weighted by Crippen LogP contribution is 2.32. The van der Waals surface area contributed by atoms with Crippen molar-refractivity contribution in [3.8, 4) is 0 Å². The number of halogens is 2. The average molecular weight is 434 g/mol. The van der Waals surface area contributed by atoms with Crippen LogP contribution in [0.5, 0.6) is 0 Å². The van der Waals surface area contributed by atoms with Crippen LogP contribution in [0.3, 0.4) is 0 Å². The quantitative estimate of drug-likeness (QED) is 0.423. The fourth-order valence-corrected chi connectivity index (χ4v) is 4.54. The molecule has 31 heavy (non-hydrogen) atoms. The van der Waals surface area contributed by atoms with Crippen LogP contribution in [-0.4, -0.2) is 26.9 Å². The number of benzene rings is 3. The average Bonchev–Trinajstić information content (AvgIpc) is 3.32. The fourth-order valence-electron chi connectivity index (χ4n) is 4.32. The Hall–Kier alpha value is -3.18. The highest BCUT2D eigenvalue weighted by molar-refractivity contribution is 6.31. The van der Waals surface area contributed by atoms with E-state index in [-0.39, 0.29) is 24.2 Å². The van der Waals surface area contributed by atoms with Gasteiger partial charge < -0.3 is 9.47 Å². The van der Waals surface area contributed by atoms with Crippen molar-refractivity contribution in [1.82, 2.24) is 14.5 Å². The van der Waals surface area contributed by atoms with Crippen LogP contribution in [0.2, 0.25) is 5.02 Å². The van der Waals surface area contributed by atoms with Gasteiger partial charge in [-0.3, -0.25) is 4.79 Å². The van der Waals surface area contributed by atoms with Crippen LogP contribution in [0.1, 0.15) is 29.3 Å². The van der Waals surface area contributed by atoms with Gasteiger partial charge >= 0.3 is 0 Å². The summed E-state index contributed by atoms with van der Waals surface area (Å²) in [5.41, 5.74) is 3.27. The Kier molecular flexibility index (Phi) is 5.20. The number of hydrogen-bond donors (Lipinski definition) is 0. The van der Waals surface area contributed by atoms with Crippen molar-refractivity contribution in [3.63, 3.8) is 0 Å². The first-order valence-electron chi connectivity index (χ1n) is 10.3. The molecule has 4 aromatic rings. The molecule has 4 nitrogen and oxygen atoms in total. The van der Waals surface area contributed by atoms with E-state index < -0.39 is 0 Å². The Labute approximate surface area is 184 Å². The maximum absolute atomic E-state index is 14.5. The van der Waals surface area contributed by atoms with E-state index in [1.54, 1.807) is 12.1 Å². The molecule has 0 N–H and O–H groups in total. The first-order valence-corrected chi connectivity index (χ1v) is 10.7. The van der Waals surface area contributed by atoms with E-state index in [9.17, 15) is 9.18 Å². The van der Waals surface area contributed by atoms with Crippen LogP contribution in [0, 0.1) is 5.82 Å². The van der Waals surface area contributed by atoms with Crippen molar-refractivity contribution in [1.29, 1.82) is 0 Å². The zero-order valence-electron chi connectivity index (χ0n) is 16.8. The predicted octanol–water partition coefficient (Wildman–Crippen LogP) is 5.39. The van der Waals surface area contributed by atoms with Crippen molar-refractivity contribution in [2.45, 2.75) is 25.4 Å². The van der Waals surface area contributed by atoms with Gasteiger partial charge in [-0.15, -0.1) is 0 Å². The van der Waals surface area contributed by atoms with E-state index in [0.717, 1.165) is 22.4 Å². The summed E-state index contributed by atoms with van der Waals surface area (Å²) in [6.07, 6.45) is 0.390. The van der Waals surface area contributed by atoms with Gasteiger partial charge in [0, 0.05) is 36.0 Å². The topological polar surface area (TPSA) is 38.1 Å². The molecular formula is C25H21ClFN3O. The van der Waals surface area contributed by atoms with E-state index in [2.05, 4.69) is 0 Å². The third-order valence-electron chi connectivity index (χ3n) is 5.86. The molecule has 1 saturated heterocycles. The SMILES string of the molecule is O=C1CC(c2nc3ccccc3n2Cc2c(F)cccc2Cl)CN1Cc1ccccc1. The number of likely N-dealkylation sites (tertiary alicyclic amines) is 1. The Bertz CT molecular complexity index is 1230. The number of carbonyl (C=O) groups is 1. The van der Waals surface area contributed by atoms with Crippen molar-refractivity contribution in [2.75, 3.05) is 6.54 Å². The molecule has 1 aliphatic rings. The molecule has 0 spiro atoms. The maximum Gasteiger partial charge on any atom is 0.223 e. The maximum atomic E-state index is 14.5. The zero-order valence-corrected chi connectivity index (χ0v) is 17.6. The van der Waals surface area contributed by atoms with Crippen molar-refractivity contribution < 1.29 is 9.18 Å². The third kappa shape index (κ3) is 3.81. The number of para-hydroxylation sites is 2. The summed E-state index contributed by atoms with van der Waals surface area (Å²) >= 11 is 6.31. The normalized spacial score (nSPS) is 16.4. The molecule has 1 fully saturated rings. The summed E-state index contributed by atoms with van der Waals surface area (Å²) in [5, 5.41) is 0.386. The Morgan fingerprint density at radius 2 is 1.74 bits per heavy atom. The van der Waals surface area contributed by atoms with Gasteiger partial charge in [-0.25, -0.2) is 9.37 Å². The van der Waals surface area contributed by atoms with E-state index in [1.807, 2.05) is 64.1 Å². The smallest absolute Gasteiger partial charge is 0.223 e. The largest absolute Gasteiger partial charge is 0.338 e. The lowest BCUT2D eigenvalue weighted by molar-refractivity contribution is -0.128. The zero-order chi connectivity index (χ0) is 21.4. The summed E-state index contributed by atoms with van der Waals surface area (Å²) < 4.78 is 16.5. The van der Waals surface area contributed by atoms with Crippen LogP contribution < -0.4 is 0 Å². The minimum atomic E-state index is -0.343. The summed E-state index contributed by atoms with van der Waals surface area (Å²) in [5.74, 6) is 0.499. The van der Waals surface area contributed by atoms with Gasteiger partial charge in [-0.2, -0.15) is 0 Å². The Balaban J connectivity index is 1.50. The van der Waals surface area contributed by atoms with Crippen LogP contribution in [0.15, 0.2) is 72.8 Å². The summed E-state index contributed by atoms with van der Waals surface area (Å²) in [6.45, 7) is 1.43. The van der Waals surface area contributed by atoms with Crippen molar-refractivity contribution in [2.24, 2.45) is 0 Å². The Morgan fingerprint density at radius 3 is 2.55 bits per heavy atom. The van der Waals surface area contributed by atoms with Gasteiger partial charge in [0.25, 0.3) is 0 Å². The molecule has 156 valence electrons. The lowest BCUT2D eigenvalue weighted by Crippen LogP contribution is -2.24. The van der Waals surface area contributed by atoms with Crippen molar-refractivity contribution >= 4 is 28.5 Å². The number of carbonyl (C=O) groups excluding carboxylic acids is 1. The third-order valence-corrected chi connectivity index (χ3v) is 6.21. The molecule has 2 heterocycles. The highest BCUT2D eigenvalue weighted by Gasteiger charge is 2.34. The molecule has 1 unspecified atom stereocenters. The van der Waals surface area contributed by atoms with Gasteiger partial charge in [0.1, 0.15) is 11.6 Å². The van der Waals surface area contributed by atoms with Crippen LogP contribution in [-0.2, 0) is 17.9 Å². The monoisotopic (exact) mass is 433 g/mol. The molecular weight excluding hydrogens is 413 g/mol. The second-order valence-electron chi connectivity index (χ2n) is 7.91. The van der Waals surface area contributed by atoms with E-state index in [1.165, 1.54) is 6.07 Å². The molecule has 6 heteroatoms. The fraction of sp³-hybridized carbons (Fsp3) is 0.200. The predicted molar refractivity (Wildman–Crippen MR) is 119 cm³/mol. The molecule has 0 saturated carbocycles. The molecule has 1 aliphatic heterocycles. The number of nitrogens with zero attached hydrogens (tertiary/aromatic N) is 3. The molecule has 1 amide bonds. The van der Waals surface area contributed by atoms with Crippen LogP contribution >= 0.6 is 11.6 Å². The Morgan fingerprint density at radius 1 is 0.968 bits per heavy atom. The van der Waals surface area contributed by atoms with Gasteiger partial charge in [-0.1, -0.05) is 60.1 Å². The number of hydrogen-bond acceptors (Lipinski definition) is 2. The lowest BCUT2D eigenvalue weighted by Gasteiger charge is -2.18. The van der Waals surface area contributed by atoms with Crippen LogP contribution in [0.25, 0.3) is 11.0 Å². The van der Waals surface area contributed by atoms with Gasteiger partial charge in [0.15, 0.2) is 0 Å². The summed E-state index contributed by atoms with van der Waals surface area (Å²) in [7, 11) is 0. The van der Waals surface area contributed by atoms with Gasteiger partial charge in [0.2, 0.25) is 5.91 Å². The number of imidazole rings is 1. The number of amides is 1. The van der Waals surface area contributed by atoms with E-state index >= 15 is 0 Å². The molecule has 5 rings (SSSR count). The molecule has 3 aromatic carbocycles. The van der Waals surface area contributed by atoms with Gasteiger partial charge in [0.05, 0.1) is 17.6 Å². The van der Waals surface area contributed by atoms with E-state index in [0.29, 0.717) is 30.1 Å². The highest BCUT2D eigenvalue weighted by atomic mass is 35.5. The molecule has 1 atom stereocenters. The first kappa shape index (κ1) is 19.8. The minimum Gasteiger partial charge on any atom is -0.338 e. The standard InChI is InChI=1S/C25H21ClFN3O/c26-20-9-6-10-21(27)19(20)16-30-23-12-5-4-11-22(23)28-25(30)18-13-24(31)29(15-18)14-17-7-2-1-3-8-17/h1-12,18H,13-16H2. The summed E-state index contributed by atoms with van der Waals surface area (Å²) in [6, 6.07) is 22.5. The van der Waals surface area contributed by atoms with Gasteiger partial charge in [-0.05, 0) is 29.8 Å². The minimum absolute atomic E-state index is 0.0610. The number of aromatic nitrogens is 2. The van der Waals surface area contributed by atoms with Crippen molar-refractivity contribution in [3.05, 3.63) is 101 Å². The molecule has 0 bridgehead atoms. The number of fused-ring (bicyclic) bond motifs is 1. The van der Waals surface area contributed by atoms with E-state index in [4.69, 9.17) is 16.6 Å². The molecule has 1 aromatic heterocycles. The molecule has 0 aliphatic carbocycles. The van der Waals surface area contributed by atoms with Crippen LogP contribution in [0.4, 0.5) is 4.39 Å². The first-order chi connectivity index (χ1) is 15.1. The molecule has 0 radical (unpaired) electrons. The second-order valence-corrected chi connectivity index (χ2v) is 8.31. The number of rotatable bonds is 5. The summed E-state index contributed by atoms with van der Waals surface area (Å²) in [4.78, 5) is 19.5. The lowest BCUT2D eigenvalue weighted by atomic mass is 10.1. The second kappa shape index (κ2) is 8.16.